The molecule has 0 radical (unpaired) electrons. The topological polar surface area (TPSA) is 54.0 Å². The number of hydrogen-bond acceptors (Lipinski definition) is 3. The van der Waals surface area contributed by atoms with E-state index in [4.69, 9.17) is 11.6 Å². The molecule has 4 nitrogen and oxygen atoms in total. The van der Waals surface area contributed by atoms with Crippen molar-refractivity contribution in [2.75, 3.05) is 17.2 Å². The molecule has 0 saturated heterocycles. The van der Waals surface area contributed by atoms with Gasteiger partial charge in [0.05, 0.1) is 17.7 Å². The summed E-state index contributed by atoms with van der Waals surface area (Å²) >= 11 is 5.92. The average Bonchev–Trinajstić information content (AvgIpc) is 2.55. The monoisotopic (exact) mass is 325 g/mol. The average molecular weight is 326 g/mol. The normalized spacial score (nSPS) is 10.5. The molecule has 1 aromatic heterocycles. The van der Waals surface area contributed by atoms with Gasteiger partial charge in [-0.15, -0.1) is 0 Å². The number of hydrogen-bond donors (Lipinski definition) is 2. The summed E-state index contributed by atoms with van der Waals surface area (Å²) in [4.78, 5) is 16.5. The fourth-order valence-electron chi connectivity index (χ4n) is 2.38. The largest absolute Gasteiger partial charge is 0.374 e. The summed E-state index contributed by atoms with van der Waals surface area (Å²) in [6.45, 7) is 2.07. The second-order valence-electron chi connectivity index (χ2n) is 5.24. The lowest BCUT2D eigenvalue weighted by Crippen LogP contribution is -2.22. The van der Waals surface area contributed by atoms with E-state index in [0.717, 1.165) is 27.8 Å². The maximum Gasteiger partial charge on any atom is 0.243 e. The standard InChI is InChI=1S/C18H16ClN3O/c1-12-10-14(19)7-8-15(12)22-17(23)11-21-16-6-2-4-13-5-3-9-20-18(13)16/h2-10,21H,11H2,1H3,(H,22,23). The molecule has 5 heteroatoms. The van der Waals surface area contributed by atoms with Crippen LogP contribution in [0.3, 0.4) is 0 Å². The van der Waals surface area contributed by atoms with Crippen molar-refractivity contribution < 1.29 is 4.79 Å². The van der Waals surface area contributed by atoms with Gasteiger partial charge in [-0.2, -0.15) is 0 Å². The van der Waals surface area contributed by atoms with Gasteiger partial charge in [0.25, 0.3) is 0 Å². The molecular formula is C18H16ClN3O. The summed E-state index contributed by atoms with van der Waals surface area (Å²) in [5.74, 6) is -0.122. The smallest absolute Gasteiger partial charge is 0.243 e. The van der Waals surface area contributed by atoms with Gasteiger partial charge in [0.15, 0.2) is 0 Å². The molecule has 0 aliphatic heterocycles. The minimum atomic E-state index is -0.122. The molecule has 0 aliphatic carbocycles. The van der Waals surface area contributed by atoms with E-state index >= 15 is 0 Å². The number of pyridine rings is 1. The molecule has 23 heavy (non-hydrogen) atoms. The number of carbonyl (C=O) groups is 1. The van der Waals surface area contributed by atoms with Gasteiger partial charge in [-0.1, -0.05) is 29.8 Å². The molecule has 0 spiro atoms. The lowest BCUT2D eigenvalue weighted by Gasteiger charge is -2.11. The molecule has 0 unspecified atom stereocenters. The highest BCUT2D eigenvalue weighted by Crippen LogP contribution is 2.21. The number of rotatable bonds is 4. The summed E-state index contributed by atoms with van der Waals surface area (Å²) < 4.78 is 0. The van der Waals surface area contributed by atoms with Crippen LogP contribution in [-0.4, -0.2) is 17.4 Å². The van der Waals surface area contributed by atoms with Crippen molar-refractivity contribution in [2.24, 2.45) is 0 Å². The quantitative estimate of drug-likeness (QED) is 0.754. The lowest BCUT2D eigenvalue weighted by molar-refractivity contribution is -0.114. The number of aromatic nitrogens is 1. The summed E-state index contributed by atoms with van der Waals surface area (Å²) in [7, 11) is 0. The third kappa shape index (κ3) is 3.60. The number of nitrogens with zero attached hydrogens (tertiary/aromatic N) is 1. The Labute approximate surface area is 139 Å². The van der Waals surface area contributed by atoms with Crippen molar-refractivity contribution in [2.45, 2.75) is 6.92 Å². The maximum atomic E-state index is 12.1. The van der Waals surface area contributed by atoms with Gasteiger partial charge >= 0.3 is 0 Å². The van der Waals surface area contributed by atoms with Gasteiger partial charge in [0.2, 0.25) is 5.91 Å². The highest BCUT2D eigenvalue weighted by molar-refractivity contribution is 6.30. The van der Waals surface area contributed by atoms with Crippen molar-refractivity contribution in [3.63, 3.8) is 0 Å². The van der Waals surface area contributed by atoms with Crippen LogP contribution < -0.4 is 10.6 Å². The second kappa shape index (κ2) is 6.67. The molecule has 3 aromatic rings. The molecule has 2 aromatic carbocycles. The molecule has 0 bridgehead atoms. The summed E-state index contributed by atoms with van der Waals surface area (Å²) in [5.41, 5.74) is 3.38. The first-order valence-corrected chi connectivity index (χ1v) is 7.65. The summed E-state index contributed by atoms with van der Waals surface area (Å²) in [5, 5.41) is 7.70. The van der Waals surface area contributed by atoms with Crippen molar-refractivity contribution in [1.29, 1.82) is 0 Å². The molecule has 3 rings (SSSR count). The van der Waals surface area contributed by atoms with Crippen molar-refractivity contribution >= 4 is 39.8 Å². The van der Waals surface area contributed by atoms with E-state index in [-0.39, 0.29) is 12.5 Å². The van der Waals surface area contributed by atoms with Gasteiger partial charge in [-0.05, 0) is 42.8 Å². The van der Waals surface area contributed by atoms with Crippen LogP contribution in [0.2, 0.25) is 5.02 Å². The van der Waals surface area contributed by atoms with E-state index < -0.39 is 0 Å². The molecule has 2 N–H and O–H groups in total. The number of halogens is 1. The van der Waals surface area contributed by atoms with Crippen LogP contribution in [0.5, 0.6) is 0 Å². The predicted octanol–water partition coefficient (Wildman–Crippen LogP) is 4.25. The van der Waals surface area contributed by atoms with Gasteiger partial charge in [-0.3, -0.25) is 9.78 Å². The fraction of sp³-hybridized carbons (Fsp3) is 0.111. The highest BCUT2D eigenvalue weighted by atomic mass is 35.5. The number of aryl methyl sites for hydroxylation is 1. The van der Waals surface area contributed by atoms with Gasteiger partial charge in [-0.25, -0.2) is 0 Å². The Bertz CT molecular complexity index is 859. The van der Waals surface area contributed by atoms with Crippen LogP contribution in [0.15, 0.2) is 54.7 Å². The minimum Gasteiger partial charge on any atom is -0.374 e. The van der Waals surface area contributed by atoms with E-state index in [2.05, 4.69) is 15.6 Å². The van der Waals surface area contributed by atoms with Crippen LogP contribution in [0.25, 0.3) is 10.9 Å². The SMILES string of the molecule is Cc1cc(Cl)ccc1NC(=O)CNc1cccc2cccnc12. The maximum absolute atomic E-state index is 12.1. The van der Waals surface area contributed by atoms with Gasteiger partial charge in [0.1, 0.15) is 0 Å². The number of carbonyl (C=O) groups excluding carboxylic acids is 1. The third-order valence-electron chi connectivity index (χ3n) is 3.53. The van der Waals surface area contributed by atoms with Crippen molar-refractivity contribution in [3.8, 4) is 0 Å². The van der Waals surface area contributed by atoms with E-state index in [0.29, 0.717) is 5.02 Å². The molecule has 0 aliphatic rings. The van der Waals surface area contributed by atoms with Crippen LogP contribution in [-0.2, 0) is 4.79 Å². The van der Waals surface area contributed by atoms with Gasteiger partial charge in [0, 0.05) is 22.3 Å². The number of nitrogens with one attached hydrogen (secondary N) is 2. The lowest BCUT2D eigenvalue weighted by atomic mass is 10.2. The first-order chi connectivity index (χ1) is 11.1. The van der Waals surface area contributed by atoms with E-state index in [1.807, 2.05) is 43.3 Å². The molecular weight excluding hydrogens is 310 g/mol. The molecule has 1 amide bonds. The molecule has 0 saturated carbocycles. The summed E-state index contributed by atoms with van der Waals surface area (Å²) in [6.07, 6.45) is 1.74. The predicted molar refractivity (Wildman–Crippen MR) is 95.1 cm³/mol. The highest BCUT2D eigenvalue weighted by Gasteiger charge is 2.07. The second-order valence-corrected chi connectivity index (χ2v) is 5.68. The number of anilines is 2. The fourth-order valence-corrected chi connectivity index (χ4v) is 2.61. The Morgan fingerprint density at radius 2 is 1.96 bits per heavy atom. The zero-order valence-corrected chi connectivity index (χ0v) is 13.4. The Hall–Kier alpha value is -2.59. The molecule has 1 heterocycles. The van der Waals surface area contributed by atoms with Crippen molar-refractivity contribution in [3.05, 3.63) is 65.3 Å². The first-order valence-electron chi connectivity index (χ1n) is 7.27. The minimum absolute atomic E-state index is 0.122. The third-order valence-corrected chi connectivity index (χ3v) is 3.77. The van der Waals surface area contributed by atoms with Crippen molar-refractivity contribution in [1.82, 2.24) is 4.98 Å². The zero-order chi connectivity index (χ0) is 16.2. The molecule has 116 valence electrons. The summed E-state index contributed by atoms with van der Waals surface area (Å²) in [6, 6.07) is 15.1. The number of para-hydroxylation sites is 1. The number of benzene rings is 2. The Morgan fingerprint density at radius 3 is 2.78 bits per heavy atom. The number of fused-ring (bicyclic) bond motifs is 1. The van der Waals surface area contributed by atoms with Gasteiger partial charge < -0.3 is 10.6 Å². The van der Waals surface area contributed by atoms with E-state index in [9.17, 15) is 4.79 Å². The Balaban J connectivity index is 1.69. The number of amides is 1. The Kier molecular flexibility index (Phi) is 4.44. The first kappa shape index (κ1) is 15.3. The molecule has 0 fully saturated rings. The van der Waals surface area contributed by atoms with Crippen LogP contribution in [0, 0.1) is 6.92 Å². The Morgan fingerprint density at radius 1 is 1.13 bits per heavy atom. The van der Waals surface area contributed by atoms with E-state index in [1.165, 1.54) is 0 Å². The van der Waals surface area contributed by atoms with Crippen LogP contribution in [0.4, 0.5) is 11.4 Å². The van der Waals surface area contributed by atoms with Crippen LogP contribution in [0.1, 0.15) is 5.56 Å². The van der Waals surface area contributed by atoms with Crippen LogP contribution >= 0.6 is 11.6 Å². The molecule has 0 atom stereocenters. The van der Waals surface area contributed by atoms with E-state index in [1.54, 1.807) is 18.3 Å². The zero-order valence-electron chi connectivity index (χ0n) is 12.6.